The quantitative estimate of drug-likeness (QED) is 0.380. The van der Waals surface area contributed by atoms with E-state index in [0.717, 1.165) is 40.1 Å². The molecule has 0 saturated heterocycles. The molecule has 2 aromatic carbocycles. The van der Waals surface area contributed by atoms with Gasteiger partial charge in [-0.2, -0.15) is 0 Å². The summed E-state index contributed by atoms with van der Waals surface area (Å²) in [5.74, 6) is 0.0607. The number of rotatable bonds is 7. The first-order valence-corrected chi connectivity index (χ1v) is 11.0. The molecule has 1 amide bonds. The molecular weight excluding hydrogens is 406 g/mol. The van der Waals surface area contributed by atoms with Crippen molar-refractivity contribution in [3.63, 3.8) is 0 Å². The van der Waals surface area contributed by atoms with E-state index in [1.807, 2.05) is 61.5 Å². The molecule has 4 nitrogen and oxygen atoms in total. The minimum absolute atomic E-state index is 0.0607. The van der Waals surface area contributed by atoms with E-state index in [9.17, 15) is 4.79 Å². The van der Waals surface area contributed by atoms with Gasteiger partial charge < -0.3 is 9.72 Å². The summed E-state index contributed by atoms with van der Waals surface area (Å²) >= 11 is 6.44. The van der Waals surface area contributed by atoms with Gasteiger partial charge in [0.05, 0.1) is 11.4 Å². The molecule has 0 fully saturated rings. The molecule has 1 atom stereocenters. The fourth-order valence-corrected chi connectivity index (χ4v) is 3.94. The van der Waals surface area contributed by atoms with Crippen LogP contribution in [0.3, 0.4) is 0 Å². The van der Waals surface area contributed by atoms with Crippen LogP contribution >= 0.6 is 11.6 Å². The number of aryl methyl sites for hydroxylation is 1. The second-order valence-corrected chi connectivity index (χ2v) is 8.18. The highest BCUT2D eigenvalue weighted by Crippen LogP contribution is 2.31. The van der Waals surface area contributed by atoms with Crippen LogP contribution in [0.1, 0.15) is 32.4 Å². The Labute approximate surface area is 187 Å². The van der Waals surface area contributed by atoms with Crippen LogP contribution < -0.4 is 5.32 Å². The van der Waals surface area contributed by atoms with E-state index in [2.05, 4.69) is 35.0 Å². The number of nitrogens with zero attached hydrogens (tertiary/aromatic N) is 2. The molecule has 1 N–H and O–H groups in total. The lowest BCUT2D eigenvalue weighted by atomic mass is 10.1. The number of amides is 1. The summed E-state index contributed by atoms with van der Waals surface area (Å²) < 4.78 is 2.09. The SMILES string of the molecule is CC[C@H](C)NC(=O)CCc1c(-c2ccccc2)nc2ccc(-c3ccccc3Cl)cn12. The smallest absolute Gasteiger partial charge is 0.220 e. The number of halogens is 1. The van der Waals surface area contributed by atoms with Crippen LogP contribution in [0.4, 0.5) is 0 Å². The lowest BCUT2D eigenvalue weighted by Gasteiger charge is -2.12. The van der Waals surface area contributed by atoms with E-state index in [4.69, 9.17) is 16.6 Å². The topological polar surface area (TPSA) is 46.4 Å². The third-order valence-electron chi connectivity index (χ3n) is 5.56. The number of benzene rings is 2. The Bertz CT molecular complexity index is 1200. The highest BCUT2D eigenvalue weighted by atomic mass is 35.5. The number of nitrogens with one attached hydrogen (secondary N) is 1. The van der Waals surface area contributed by atoms with E-state index in [-0.39, 0.29) is 11.9 Å². The molecule has 2 heterocycles. The van der Waals surface area contributed by atoms with Crippen LogP contribution in [0.5, 0.6) is 0 Å². The first-order chi connectivity index (χ1) is 15.1. The van der Waals surface area contributed by atoms with Crippen LogP contribution in [-0.4, -0.2) is 21.3 Å². The van der Waals surface area contributed by atoms with Crippen molar-refractivity contribution in [3.05, 3.63) is 83.6 Å². The monoisotopic (exact) mass is 431 g/mol. The summed E-state index contributed by atoms with van der Waals surface area (Å²) in [6.45, 7) is 4.09. The van der Waals surface area contributed by atoms with Gasteiger partial charge in [-0.3, -0.25) is 4.79 Å². The van der Waals surface area contributed by atoms with Crippen molar-refractivity contribution in [1.82, 2.24) is 14.7 Å². The second kappa shape index (κ2) is 9.36. The number of fused-ring (bicyclic) bond motifs is 1. The number of carbonyl (C=O) groups excluding carboxylic acids is 1. The summed E-state index contributed by atoms with van der Waals surface area (Å²) in [5.41, 5.74) is 5.82. The van der Waals surface area contributed by atoms with Gasteiger partial charge in [0.2, 0.25) is 5.91 Å². The molecule has 0 bridgehead atoms. The van der Waals surface area contributed by atoms with Crippen molar-refractivity contribution in [2.24, 2.45) is 0 Å². The molecule has 0 aliphatic rings. The average Bonchev–Trinajstić information content (AvgIpc) is 3.16. The lowest BCUT2D eigenvalue weighted by Crippen LogP contribution is -2.32. The lowest BCUT2D eigenvalue weighted by molar-refractivity contribution is -0.121. The summed E-state index contributed by atoms with van der Waals surface area (Å²) in [5, 5.41) is 3.77. The third-order valence-corrected chi connectivity index (χ3v) is 5.89. The molecule has 2 aromatic heterocycles. The molecule has 0 radical (unpaired) electrons. The minimum Gasteiger partial charge on any atom is -0.354 e. The first-order valence-electron chi connectivity index (χ1n) is 10.7. The largest absolute Gasteiger partial charge is 0.354 e. The maximum Gasteiger partial charge on any atom is 0.220 e. The van der Waals surface area contributed by atoms with Crippen molar-refractivity contribution in [1.29, 1.82) is 0 Å². The van der Waals surface area contributed by atoms with Crippen LogP contribution in [0.15, 0.2) is 72.9 Å². The van der Waals surface area contributed by atoms with Crippen molar-refractivity contribution in [2.75, 3.05) is 0 Å². The second-order valence-electron chi connectivity index (χ2n) is 7.78. The maximum absolute atomic E-state index is 12.5. The number of aromatic nitrogens is 2. The molecular formula is C26H26ClN3O. The minimum atomic E-state index is 0.0607. The third kappa shape index (κ3) is 4.64. The number of hydrogen-bond acceptors (Lipinski definition) is 2. The van der Waals surface area contributed by atoms with Gasteiger partial charge in [-0.05, 0) is 43.5 Å². The number of hydrogen-bond donors (Lipinski definition) is 1. The summed E-state index contributed by atoms with van der Waals surface area (Å²) in [6, 6.07) is 22.2. The van der Waals surface area contributed by atoms with E-state index in [1.165, 1.54) is 0 Å². The van der Waals surface area contributed by atoms with Gasteiger partial charge in [-0.15, -0.1) is 0 Å². The number of imidazole rings is 1. The molecule has 31 heavy (non-hydrogen) atoms. The average molecular weight is 432 g/mol. The fourth-order valence-electron chi connectivity index (χ4n) is 3.70. The van der Waals surface area contributed by atoms with E-state index < -0.39 is 0 Å². The molecule has 4 rings (SSSR count). The van der Waals surface area contributed by atoms with E-state index >= 15 is 0 Å². The Balaban J connectivity index is 1.76. The van der Waals surface area contributed by atoms with Gasteiger partial charge in [0.15, 0.2) is 0 Å². The molecule has 0 aliphatic carbocycles. The first kappa shape index (κ1) is 21.1. The van der Waals surface area contributed by atoms with Gasteiger partial charge in [0.25, 0.3) is 0 Å². The van der Waals surface area contributed by atoms with Crippen LogP contribution in [0, 0.1) is 0 Å². The Morgan fingerprint density at radius 2 is 1.77 bits per heavy atom. The Morgan fingerprint density at radius 1 is 1.03 bits per heavy atom. The fraction of sp³-hybridized carbons (Fsp3) is 0.231. The Morgan fingerprint density at radius 3 is 2.52 bits per heavy atom. The highest BCUT2D eigenvalue weighted by Gasteiger charge is 2.17. The molecule has 158 valence electrons. The van der Waals surface area contributed by atoms with E-state index in [1.54, 1.807) is 0 Å². The summed E-state index contributed by atoms with van der Waals surface area (Å²) in [7, 11) is 0. The van der Waals surface area contributed by atoms with Crippen LogP contribution in [0.2, 0.25) is 5.02 Å². The van der Waals surface area contributed by atoms with E-state index in [0.29, 0.717) is 17.9 Å². The van der Waals surface area contributed by atoms with Gasteiger partial charge in [0, 0.05) is 34.8 Å². The van der Waals surface area contributed by atoms with Gasteiger partial charge >= 0.3 is 0 Å². The van der Waals surface area contributed by atoms with Gasteiger partial charge in [-0.1, -0.05) is 67.1 Å². The van der Waals surface area contributed by atoms with Crippen LogP contribution in [0.25, 0.3) is 28.0 Å². The highest BCUT2D eigenvalue weighted by molar-refractivity contribution is 6.33. The van der Waals surface area contributed by atoms with Crippen molar-refractivity contribution in [2.45, 2.75) is 39.2 Å². The van der Waals surface area contributed by atoms with Gasteiger partial charge in [-0.25, -0.2) is 4.98 Å². The Kier molecular flexibility index (Phi) is 6.38. The standard InChI is InChI=1S/C26H26ClN3O/c1-3-18(2)28-25(31)16-14-23-26(19-9-5-4-6-10-19)29-24-15-13-20(17-30(23)24)21-11-7-8-12-22(21)27/h4-13,15,17-18H,3,14,16H2,1-2H3,(H,28,31)/t18-/m0/s1. The summed E-state index contributed by atoms with van der Waals surface area (Å²) in [6.07, 6.45) is 3.99. The van der Waals surface area contributed by atoms with Crippen molar-refractivity contribution < 1.29 is 4.79 Å². The molecule has 4 aromatic rings. The molecule has 5 heteroatoms. The summed E-state index contributed by atoms with van der Waals surface area (Å²) in [4.78, 5) is 17.4. The van der Waals surface area contributed by atoms with Crippen molar-refractivity contribution >= 4 is 23.2 Å². The maximum atomic E-state index is 12.5. The zero-order chi connectivity index (χ0) is 21.8. The zero-order valence-electron chi connectivity index (χ0n) is 17.8. The van der Waals surface area contributed by atoms with Gasteiger partial charge in [0.1, 0.15) is 5.65 Å². The Hall–Kier alpha value is -3.11. The molecule has 0 unspecified atom stereocenters. The molecule has 0 aliphatic heterocycles. The molecule has 0 spiro atoms. The van der Waals surface area contributed by atoms with Crippen LogP contribution in [-0.2, 0) is 11.2 Å². The predicted octanol–water partition coefficient (Wildman–Crippen LogP) is 6.17. The normalized spacial score (nSPS) is 12.1. The number of carbonyl (C=O) groups is 1. The number of pyridine rings is 1. The molecule has 0 saturated carbocycles. The zero-order valence-corrected chi connectivity index (χ0v) is 18.6. The predicted molar refractivity (Wildman–Crippen MR) is 127 cm³/mol. The van der Waals surface area contributed by atoms with Crippen molar-refractivity contribution in [3.8, 4) is 22.4 Å².